The summed E-state index contributed by atoms with van der Waals surface area (Å²) in [6.45, 7) is 6.05. The molecule has 0 unspecified atom stereocenters. The van der Waals surface area contributed by atoms with Crippen LogP contribution in [0.2, 0.25) is 0 Å². The molecule has 3 heteroatoms. The van der Waals surface area contributed by atoms with Gasteiger partial charge in [0.1, 0.15) is 0 Å². The van der Waals surface area contributed by atoms with Gasteiger partial charge in [-0.05, 0) is 18.6 Å². The third-order valence-electron chi connectivity index (χ3n) is 4.66. The van der Waals surface area contributed by atoms with E-state index in [9.17, 15) is 0 Å². The summed E-state index contributed by atoms with van der Waals surface area (Å²) < 4.78 is 2.12. The molecule has 136 valence electrons. The van der Waals surface area contributed by atoms with Crippen molar-refractivity contribution in [1.29, 1.82) is 0 Å². The Morgan fingerprint density at radius 1 is 0.750 bits per heavy atom. The van der Waals surface area contributed by atoms with Crippen molar-refractivity contribution in [3.8, 4) is 22.8 Å². The van der Waals surface area contributed by atoms with Crippen molar-refractivity contribution >= 4 is 5.70 Å². The van der Waals surface area contributed by atoms with E-state index in [2.05, 4.69) is 64.7 Å². The van der Waals surface area contributed by atoms with Crippen LogP contribution in [0, 0.1) is 6.92 Å². The summed E-state index contributed by atoms with van der Waals surface area (Å²) in [5.74, 6) is 1.60. The van der Waals surface area contributed by atoms with E-state index in [0.717, 1.165) is 34.0 Å². The molecule has 0 aliphatic carbocycles. The van der Waals surface area contributed by atoms with Crippen LogP contribution in [0.1, 0.15) is 11.1 Å². The van der Waals surface area contributed by atoms with Crippen LogP contribution in [0.4, 0.5) is 0 Å². The summed E-state index contributed by atoms with van der Waals surface area (Å²) in [4.78, 5) is 0. The first-order valence-corrected chi connectivity index (χ1v) is 9.25. The number of hydrogen-bond donors (Lipinski definition) is 0. The van der Waals surface area contributed by atoms with Crippen molar-refractivity contribution in [2.75, 3.05) is 0 Å². The first-order valence-electron chi connectivity index (χ1n) is 9.25. The molecule has 0 atom stereocenters. The van der Waals surface area contributed by atoms with Gasteiger partial charge in [-0.3, -0.25) is 4.57 Å². The van der Waals surface area contributed by atoms with Crippen LogP contribution in [-0.2, 0) is 0 Å². The molecular weight excluding hydrogens is 342 g/mol. The smallest absolute Gasteiger partial charge is 0.168 e. The molecule has 0 aliphatic heterocycles. The molecule has 0 aliphatic rings. The Morgan fingerprint density at radius 3 is 1.75 bits per heavy atom. The van der Waals surface area contributed by atoms with Gasteiger partial charge in [0.15, 0.2) is 11.6 Å². The average molecular weight is 363 g/mol. The minimum Gasteiger partial charge on any atom is -0.274 e. The molecule has 0 spiro atoms. The molecule has 4 aromatic rings. The van der Waals surface area contributed by atoms with Gasteiger partial charge in [-0.15, -0.1) is 10.2 Å². The fraction of sp³-hybridized carbons (Fsp3) is 0.0400. The molecule has 0 saturated carbocycles. The average Bonchev–Trinajstić information content (AvgIpc) is 3.19. The SMILES string of the molecule is C=C/C=C(\c1ccccc1C)n1c(-c2ccccc2)nnc1-c1ccccc1. The minimum atomic E-state index is 0.802. The zero-order valence-corrected chi connectivity index (χ0v) is 15.8. The maximum atomic E-state index is 4.56. The molecule has 1 aromatic heterocycles. The Morgan fingerprint density at radius 2 is 1.25 bits per heavy atom. The second kappa shape index (κ2) is 7.89. The Hall–Kier alpha value is -3.72. The number of aromatic nitrogens is 3. The van der Waals surface area contributed by atoms with Gasteiger partial charge in [0.05, 0.1) is 5.70 Å². The Labute approximate surface area is 165 Å². The third kappa shape index (κ3) is 3.30. The van der Waals surface area contributed by atoms with E-state index >= 15 is 0 Å². The highest BCUT2D eigenvalue weighted by Gasteiger charge is 2.20. The van der Waals surface area contributed by atoms with Gasteiger partial charge in [-0.25, -0.2) is 0 Å². The molecule has 3 nitrogen and oxygen atoms in total. The van der Waals surface area contributed by atoms with E-state index in [0.29, 0.717) is 0 Å². The monoisotopic (exact) mass is 363 g/mol. The molecule has 28 heavy (non-hydrogen) atoms. The summed E-state index contributed by atoms with van der Waals surface area (Å²) in [6, 6.07) is 28.6. The van der Waals surface area contributed by atoms with E-state index in [1.807, 2.05) is 60.7 Å². The summed E-state index contributed by atoms with van der Waals surface area (Å²) >= 11 is 0. The Balaban J connectivity index is 2.02. The zero-order chi connectivity index (χ0) is 19.3. The van der Waals surface area contributed by atoms with Gasteiger partial charge in [-0.1, -0.05) is 97.6 Å². The van der Waals surface area contributed by atoms with Crippen LogP contribution < -0.4 is 0 Å². The standard InChI is InChI=1S/C25H21N3/c1-3-12-23(22-18-11-10-13-19(22)2)28-24(20-14-6-4-7-15-20)26-27-25(28)21-16-8-5-9-17-21/h3-18H,1H2,2H3/b23-12+. The lowest BCUT2D eigenvalue weighted by atomic mass is 10.0. The lowest BCUT2D eigenvalue weighted by Gasteiger charge is -2.16. The van der Waals surface area contributed by atoms with Crippen molar-refractivity contribution in [2.45, 2.75) is 6.92 Å². The maximum Gasteiger partial charge on any atom is 0.168 e. The highest BCUT2D eigenvalue weighted by Crippen LogP contribution is 2.32. The second-order valence-corrected chi connectivity index (χ2v) is 6.52. The predicted molar refractivity (Wildman–Crippen MR) is 116 cm³/mol. The third-order valence-corrected chi connectivity index (χ3v) is 4.66. The summed E-state index contributed by atoms with van der Waals surface area (Å²) in [7, 11) is 0. The number of hydrogen-bond acceptors (Lipinski definition) is 2. The second-order valence-electron chi connectivity index (χ2n) is 6.52. The van der Waals surface area contributed by atoms with Gasteiger partial charge in [0.25, 0.3) is 0 Å². The van der Waals surface area contributed by atoms with Crippen molar-refractivity contribution in [2.24, 2.45) is 0 Å². The summed E-state index contributed by atoms with van der Waals surface area (Å²) in [5, 5.41) is 9.12. The molecular formula is C25H21N3. The molecule has 0 saturated heterocycles. The molecule has 0 fully saturated rings. The van der Waals surface area contributed by atoms with Gasteiger partial charge in [-0.2, -0.15) is 0 Å². The van der Waals surface area contributed by atoms with Crippen molar-refractivity contribution in [3.63, 3.8) is 0 Å². The normalized spacial score (nSPS) is 11.4. The van der Waals surface area contributed by atoms with Gasteiger partial charge in [0.2, 0.25) is 0 Å². The van der Waals surface area contributed by atoms with Crippen molar-refractivity contribution in [1.82, 2.24) is 14.8 Å². The fourth-order valence-electron chi connectivity index (χ4n) is 3.32. The highest BCUT2D eigenvalue weighted by molar-refractivity contribution is 5.78. The maximum absolute atomic E-state index is 4.56. The molecule has 0 radical (unpaired) electrons. The van der Waals surface area contributed by atoms with E-state index in [1.165, 1.54) is 5.56 Å². The van der Waals surface area contributed by atoms with E-state index in [1.54, 1.807) is 0 Å². The first-order chi connectivity index (χ1) is 13.8. The molecule has 1 heterocycles. The van der Waals surface area contributed by atoms with Gasteiger partial charge < -0.3 is 0 Å². The Bertz CT molecular complexity index is 1070. The van der Waals surface area contributed by atoms with Crippen LogP contribution in [0.25, 0.3) is 28.5 Å². The molecule has 3 aromatic carbocycles. The number of aryl methyl sites for hydroxylation is 1. The quantitative estimate of drug-likeness (QED) is 0.407. The van der Waals surface area contributed by atoms with Crippen LogP contribution in [0.15, 0.2) is 104 Å². The molecule has 0 bridgehead atoms. The fourth-order valence-corrected chi connectivity index (χ4v) is 3.32. The Kier molecular flexibility index (Phi) is 4.98. The van der Waals surface area contributed by atoms with Crippen LogP contribution in [-0.4, -0.2) is 14.8 Å². The first kappa shape index (κ1) is 17.7. The van der Waals surface area contributed by atoms with E-state index < -0.39 is 0 Å². The molecule has 0 amide bonds. The van der Waals surface area contributed by atoms with Gasteiger partial charge >= 0.3 is 0 Å². The molecule has 4 rings (SSSR count). The number of rotatable bonds is 5. The van der Waals surface area contributed by atoms with Crippen LogP contribution in [0.3, 0.4) is 0 Å². The summed E-state index contributed by atoms with van der Waals surface area (Å²) in [5.41, 5.74) is 5.33. The van der Waals surface area contributed by atoms with Crippen LogP contribution in [0.5, 0.6) is 0 Å². The number of benzene rings is 3. The minimum absolute atomic E-state index is 0.802. The van der Waals surface area contributed by atoms with Crippen LogP contribution >= 0.6 is 0 Å². The molecule has 0 N–H and O–H groups in total. The number of nitrogens with zero attached hydrogens (tertiary/aromatic N) is 3. The topological polar surface area (TPSA) is 30.7 Å². The van der Waals surface area contributed by atoms with Crippen molar-refractivity contribution in [3.05, 3.63) is 115 Å². The van der Waals surface area contributed by atoms with E-state index in [4.69, 9.17) is 0 Å². The number of allylic oxidation sites excluding steroid dienone is 2. The largest absolute Gasteiger partial charge is 0.274 e. The predicted octanol–water partition coefficient (Wildman–Crippen LogP) is 6.00. The zero-order valence-electron chi connectivity index (χ0n) is 15.8. The lowest BCUT2D eigenvalue weighted by molar-refractivity contribution is 1.10. The lowest BCUT2D eigenvalue weighted by Crippen LogP contribution is -2.05. The van der Waals surface area contributed by atoms with Crippen molar-refractivity contribution < 1.29 is 0 Å². The van der Waals surface area contributed by atoms with Gasteiger partial charge in [0, 0.05) is 16.7 Å². The summed E-state index contributed by atoms with van der Waals surface area (Å²) in [6.07, 6.45) is 3.83. The highest BCUT2D eigenvalue weighted by atomic mass is 15.3. The van der Waals surface area contributed by atoms with E-state index in [-0.39, 0.29) is 0 Å².